The lowest BCUT2D eigenvalue weighted by atomic mass is 10.0. The molecule has 0 spiro atoms. The van der Waals surface area contributed by atoms with Crippen molar-refractivity contribution in [3.05, 3.63) is 64.1 Å². The van der Waals surface area contributed by atoms with Gasteiger partial charge in [0.25, 0.3) is 0 Å². The van der Waals surface area contributed by atoms with Crippen LogP contribution >= 0.6 is 15.9 Å². The van der Waals surface area contributed by atoms with Crippen LogP contribution < -0.4 is 9.47 Å². The number of hydrogen-bond acceptors (Lipinski definition) is 3. The van der Waals surface area contributed by atoms with Crippen molar-refractivity contribution in [3.63, 3.8) is 0 Å². The molecular weight excluding hydrogens is 394 g/mol. The first-order valence-electron chi connectivity index (χ1n) is 8.58. The van der Waals surface area contributed by atoms with Crippen LogP contribution in [-0.2, 0) is 4.79 Å². The Labute approximate surface area is 162 Å². The normalized spacial score (nSPS) is 16.9. The minimum Gasteiger partial charge on any atom is -0.497 e. The number of ether oxygens (including phenoxy) is 2. The molecule has 1 amide bonds. The van der Waals surface area contributed by atoms with Gasteiger partial charge in [0.05, 0.1) is 20.3 Å². The Morgan fingerprint density at radius 2 is 1.92 bits per heavy atom. The minimum absolute atomic E-state index is 0.0188. The second-order valence-electron chi connectivity index (χ2n) is 6.18. The molecule has 0 aromatic heterocycles. The maximum Gasteiger partial charge on any atom is 0.247 e. The average Bonchev–Trinajstić information content (AvgIpc) is 3.16. The highest BCUT2D eigenvalue weighted by atomic mass is 79.9. The Morgan fingerprint density at radius 1 is 1.15 bits per heavy atom. The molecule has 26 heavy (non-hydrogen) atoms. The summed E-state index contributed by atoms with van der Waals surface area (Å²) in [6.45, 7) is 0.773. The summed E-state index contributed by atoms with van der Waals surface area (Å²) in [5.74, 6) is 1.59. The highest BCUT2D eigenvalue weighted by molar-refractivity contribution is 9.10. The summed E-state index contributed by atoms with van der Waals surface area (Å²) in [5, 5.41) is 0. The fraction of sp³-hybridized carbons (Fsp3) is 0.286. The molecule has 4 nitrogen and oxygen atoms in total. The maximum absolute atomic E-state index is 12.8. The van der Waals surface area contributed by atoms with Gasteiger partial charge in [-0.3, -0.25) is 4.79 Å². The van der Waals surface area contributed by atoms with Crippen LogP contribution in [-0.4, -0.2) is 31.6 Å². The highest BCUT2D eigenvalue weighted by Crippen LogP contribution is 2.33. The number of carbonyl (C=O) groups excluding carboxylic acids is 1. The van der Waals surface area contributed by atoms with Crippen molar-refractivity contribution in [2.45, 2.75) is 18.9 Å². The zero-order valence-corrected chi connectivity index (χ0v) is 16.5. The number of nitrogens with zero attached hydrogens (tertiary/aromatic N) is 1. The zero-order chi connectivity index (χ0) is 18.5. The van der Waals surface area contributed by atoms with Gasteiger partial charge in [-0.25, -0.2) is 0 Å². The van der Waals surface area contributed by atoms with Gasteiger partial charge in [-0.1, -0.05) is 28.1 Å². The SMILES string of the molecule is COc1ccc(C2CCCN2C(=O)C=Cc2cc(Br)ccc2OC)cc1. The van der Waals surface area contributed by atoms with E-state index in [1.54, 1.807) is 20.3 Å². The van der Waals surface area contributed by atoms with Gasteiger partial charge < -0.3 is 14.4 Å². The fourth-order valence-electron chi connectivity index (χ4n) is 3.30. The van der Waals surface area contributed by atoms with Gasteiger partial charge in [0, 0.05) is 22.7 Å². The van der Waals surface area contributed by atoms with E-state index >= 15 is 0 Å². The van der Waals surface area contributed by atoms with E-state index in [0.717, 1.165) is 46.5 Å². The van der Waals surface area contributed by atoms with Gasteiger partial charge in [0.2, 0.25) is 5.91 Å². The maximum atomic E-state index is 12.8. The molecule has 0 aliphatic carbocycles. The Hall–Kier alpha value is -2.27. The molecule has 3 rings (SSSR count). The van der Waals surface area contributed by atoms with Crippen LogP contribution in [0.25, 0.3) is 6.08 Å². The lowest BCUT2D eigenvalue weighted by Gasteiger charge is -2.24. The standard InChI is InChI=1S/C21H22BrNO3/c1-25-18-9-5-15(6-10-18)19-4-3-13-23(19)21(24)12-7-16-14-17(22)8-11-20(16)26-2/h5-12,14,19H,3-4,13H2,1-2H3. The number of carbonyl (C=O) groups is 1. The molecule has 1 saturated heterocycles. The summed E-state index contributed by atoms with van der Waals surface area (Å²) < 4.78 is 11.5. The van der Waals surface area contributed by atoms with E-state index in [9.17, 15) is 4.79 Å². The molecule has 5 heteroatoms. The molecule has 1 fully saturated rings. The van der Waals surface area contributed by atoms with Crippen molar-refractivity contribution in [3.8, 4) is 11.5 Å². The Kier molecular flexibility index (Phi) is 5.99. The van der Waals surface area contributed by atoms with E-state index in [2.05, 4.69) is 15.9 Å². The first-order chi connectivity index (χ1) is 12.6. The van der Waals surface area contributed by atoms with Crippen molar-refractivity contribution in [2.75, 3.05) is 20.8 Å². The number of likely N-dealkylation sites (tertiary alicyclic amines) is 1. The number of halogens is 1. The smallest absolute Gasteiger partial charge is 0.247 e. The monoisotopic (exact) mass is 415 g/mol. The number of methoxy groups -OCH3 is 2. The second-order valence-corrected chi connectivity index (χ2v) is 7.10. The first kappa shape index (κ1) is 18.5. The van der Waals surface area contributed by atoms with Crippen LogP contribution in [0.15, 0.2) is 53.0 Å². The summed E-state index contributed by atoms with van der Waals surface area (Å²) in [4.78, 5) is 14.7. The second kappa shape index (κ2) is 8.41. The van der Waals surface area contributed by atoms with E-state index in [1.165, 1.54) is 0 Å². The van der Waals surface area contributed by atoms with E-state index in [0.29, 0.717) is 0 Å². The molecule has 0 N–H and O–H groups in total. The molecule has 1 heterocycles. The van der Waals surface area contributed by atoms with E-state index in [4.69, 9.17) is 9.47 Å². The fourth-order valence-corrected chi connectivity index (χ4v) is 3.67. The van der Waals surface area contributed by atoms with Crippen LogP contribution in [0.5, 0.6) is 11.5 Å². The van der Waals surface area contributed by atoms with Gasteiger partial charge in [-0.15, -0.1) is 0 Å². The lowest BCUT2D eigenvalue weighted by Crippen LogP contribution is -2.28. The molecular formula is C21H22BrNO3. The van der Waals surface area contributed by atoms with Crippen molar-refractivity contribution >= 4 is 27.9 Å². The lowest BCUT2D eigenvalue weighted by molar-refractivity contribution is -0.126. The molecule has 0 bridgehead atoms. The Bertz CT molecular complexity index is 801. The van der Waals surface area contributed by atoms with Crippen molar-refractivity contribution in [2.24, 2.45) is 0 Å². The number of hydrogen-bond donors (Lipinski definition) is 0. The summed E-state index contributed by atoms with van der Waals surface area (Å²) in [6, 6.07) is 13.8. The molecule has 0 radical (unpaired) electrons. The van der Waals surface area contributed by atoms with E-state index < -0.39 is 0 Å². The summed E-state index contributed by atoms with van der Waals surface area (Å²) >= 11 is 3.46. The minimum atomic E-state index is 0.0188. The molecule has 1 atom stereocenters. The topological polar surface area (TPSA) is 38.8 Å². The van der Waals surface area contributed by atoms with Crippen LogP contribution in [0, 0.1) is 0 Å². The van der Waals surface area contributed by atoms with Gasteiger partial charge in [-0.2, -0.15) is 0 Å². The Morgan fingerprint density at radius 3 is 2.62 bits per heavy atom. The number of rotatable bonds is 5. The summed E-state index contributed by atoms with van der Waals surface area (Å²) in [6.07, 6.45) is 5.43. The molecule has 0 saturated carbocycles. The predicted octanol–water partition coefficient (Wildman–Crippen LogP) is 4.84. The average molecular weight is 416 g/mol. The van der Waals surface area contributed by atoms with Gasteiger partial charge >= 0.3 is 0 Å². The third-order valence-corrected chi connectivity index (χ3v) is 5.13. The van der Waals surface area contributed by atoms with Crippen LogP contribution in [0.2, 0.25) is 0 Å². The number of benzene rings is 2. The van der Waals surface area contributed by atoms with Crippen LogP contribution in [0.4, 0.5) is 0 Å². The predicted molar refractivity (Wildman–Crippen MR) is 106 cm³/mol. The van der Waals surface area contributed by atoms with Gasteiger partial charge in [0.1, 0.15) is 11.5 Å². The molecule has 1 aliphatic heterocycles. The molecule has 2 aromatic rings. The van der Waals surface area contributed by atoms with E-state index in [-0.39, 0.29) is 11.9 Å². The quantitative estimate of drug-likeness (QED) is 0.655. The van der Waals surface area contributed by atoms with Crippen molar-refractivity contribution in [1.82, 2.24) is 4.90 Å². The molecule has 1 aliphatic rings. The van der Waals surface area contributed by atoms with Gasteiger partial charge in [0.15, 0.2) is 0 Å². The summed E-state index contributed by atoms with van der Waals surface area (Å²) in [7, 11) is 3.28. The molecule has 136 valence electrons. The third kappa shape index (κ3) is 4.10. The first-order valence-corrected chi connectivity index (χ1v) is 9.38. The van der Waals surface area contributed by atoms with E-state index in [1.807, 2.05) is 53.4 Å². The third-order valence-electron chi connectivity index (χ3n) is 4.63. The molecule has 1 unspecified atom stereocenters. The number of amides is 1. The molecule has 2 aromatic carbocycles. The van der Waals surface area contributed by atoms with Crippen molar-refractivity contribution < 1.29 is 14.3 Å². The largest absolute Gasteiger partial charge is 0.497 e. The van der Waals surface area contributed by atoms with Crippen LogP contribution in [0.1, 0.15) is 30.0 Å². The summed E-state index contributed by atoms with van der Waals surface area (Å²) in [5.41, 5.74) is 2.01. The zero-order valence-electron chi connectivity index (χ0n) is 14.9. The Balaban J connectivity index is 1.77. The van der Waals surface area contributed by atoms with Gasteiger partial charge in [-0.05, 0) is 54.8 Å². The van der Waals surface area contributed by atoms with Crippen LogP contribution in [0.3, 0.4) is 0 Å². The highest BCUT2D eigenvalue weighted by Gasteiger charge is 2.28. The van der Waals surface area contributed by atoms with Crippen molar-refractivity contribution in [1.29, 1.82) is 0 Å².